The Hall–Kier alpha value is -2.90. The number of ether oxygens (including phenoxy) is 2. The topological polar surface area (TPSA) is 35.5 Å². The lowest BCUT2D eigenvalue weighted by Crippen LogP contribution is -2.31. The highest BCUT2D eigenvalue weighted by Crippen LogP contribution is 2.49. The van der Waals surface area contributed by atoms with E-state index in [-0.39, 0.29) is 22.8 Å². The highest BCUT2D eigenvalue weighted by Gasteiger charge is 2.37. The normalized spacial score (nSPS) is 23.7. The summed E-state index contributed by atoms with van der Waals surface area (Å²) in [5.74, 6) is -3.44. The van der Waals surface area contributed by atoms with E-state index in [9.17, 15) is 18.0 Å². The average molecular weight is 509 g/mol. The van der Waals surface area contributed by atoms with E-state index in [1.807, 2.05) is 6.08 Å². The predicted molar refractivity (Wildman–Crippen MR) is 125 cm³/mol. The third-order valence-electron chi connectivity index (χ3n) is 7.55. The van der Waals surface area contributed by atoms with Gasteiger partial charge in [-0.3, -0.25) is 0 Å². The van der Waals surface area contributed by atoms with Gasteiger partial charge in [0.15, 0.2) is 11.6 Å². The van der Waals surface area contributed by atoms with Gasteiger partial charge in [0.05, 0.1) is 5.56 Å². The maximum atomic E-state index is 15.1. The van der Waals surface area contributed by atoms with E-state index in [2.05, 4.69) is 11.3 Å². The molecular formula is C28H29F5O3. The summed E-state index contributed by atoms with van der Waals surface area (Å²) in [7, 11) is 0. The molecule has 2 aliphatic carbocycles. The van der Waals surface area contributed by atoms with Gasteiger partial charge < -0.3 is 9.47 Å². The van der Waals surface area contributed by atoms with Gasteiger partial charge in [-0.05, 0) is 92.9 Å². The molecule has 2 aliphatic rings. The first kappa shape index (κ1) is 26.2. The van der Waals surface area contributed by atoms with Crippen LogP contribution in [-0.4, -0.2) is 12.6 Å². The number of fused-ring (bicyclic) bond motifs is 1. The monoisotopic (exact) mass is 508 g/mol. The molecule has 36 heavy (non-hydrogen) atoms. The van der Waals surface area contributed by atoms with Gasteiger partial charge in [-0.2, -0.15) is 8.78 Å². The summed E-state index contributed by atoms with van der Waals surface area (Å²) in [4.78, 5) is 12.4. The Labute approximate surface area is 207 Å². The Kier molecular flexibility index (Phi) is 8.32. The number of halogens is 5. The van der Waals surface area contributed by atoms with E-state index in [1.54, 1.807) is 0 Å². The number of hydrogen-bond acceptors (Lipinski definition) is 3. The van der Waals surface area contributed by atoms with Crippen LogP contribution < -0.4 is 9.47 Å². The van der Waals surface area contributed by atoms with Gasteiger partial charge in [0.25, 0.3) is 0 Å². The Bertz CT molecular complexity index is 1080. The molecule has 8 heteroatoms. The van der Waals surface area contributed by atoms with Crippen molar-refractivity contribution >= 4 is 5.97 Å². The lowest BCUT2D eigenvalue weighted by molar-refractivity contribution is -0.0522. The zero-order valence-electron chi connectivity index (χ0n) is 19.8. The second-order valence-electron chi connectivity index (χ2n) is 9.79. The van der Waals surface area contributed by atoms with Gasteiger partial charge in [0.2, 0.25) is 0 Å². The molecule has 0 radical (unpaired) electrons. The molecule has 4 rings (SSSR count). The van der Waals surface area contributed by atoms with Gasteiger partial charge in [-0.15, -0.1) is 6.58 Å². The second kappa shape index (κ2) is 11.4. The number of rotatable bonds is 8. The molecule has 3 nitrogen and oxygen atoms in total. The van der Waals surface area contributed by atoms with Crippen LogP contribution in [0.15, 0.2) is 43.0 Å². The minimum absolute atomic E-state index is 0.00155. The van der Waals surface area contributed by atoms with Crippen LogP contribution in [0, 0.1) is 35.2 Å². The summed E-state index contributed by atoms with van der Waals surface area (Å²) in [5.41, 5.74) is -0.364. The quantitative estimate of drug-likeness (QED) is 0.156. The first-order valence-electron chi connectivity index (χ1n) is 12.3. The third-order valence-corrected chi connectivity index (χ3v) is 7.55. The van der Waals surface area contributed by atoms with Gasteiger partial charge in [0, 0.05) is 11.6 Å². The second-order valence-corrected chi connectivity index (χ2v) is 9.79. The summed E-state index contributed by atoms with van der Waals surface area (Å²) >= 11 is 0. The molecule has 0 saturated heterocycles. The van der Waals surface area contributed by atoms with Gasteiger partial charge in [-0.1, -0.05) is 12.5 Å². The maximum absolute atomic E-state index is 15.1. The molecule has 4 unspecified atom stereocenters. The summed E-state index contributed by atoms with van der Waals surface area (Å²) in [5, 5.41) is 0. The lowest BCUT2D eigenvalue weighted by atomic mass is 9.63. The van der Waals surface area contributed by atoms with Crippen molar-refractivity contribution in [2.45, 2.75) is 63.9 Å². The van der Waals surface area contributed by atoms with Gasteiger partial charge >= 0.3 is 12.6 Å². The maximum Gasteiger partial charge on any atom is 0.387 e. The van der Waals surface area contributed by atoms with Crippen LogP contribution in [0.25, 0.3) is 0 Å². The van der Waals surface area contributed by atoms with Gasteiger partial charge in [0.1, 0.15) is 17.4 Å². The van der Waals surface area contributed by atoms with Crippen molar-refractivity contribution < 1.29 is 36.2 Å². The molecule has 0 spiro atoms. The Morgan fingerprint density at radius 1 is 0.972 bits per heavy atom. The van der Waals surface area contributed by atoms with Crippen molar-refractivity contribution in [1.82, 2.24) is 0 Å². The molecule has 0 N–H and O–H groups in total. The highest BCUT2D eigenvalue weighted by atomic mass is 19.3. The van der Waals surface area contributed by atoms with Crippen molar-refractivity contribution in [3.8, 4) is 11.5 Å². The van der Waals surface area contributed by atoms with Crippen LogP contribution in [0.1, 0.15) is 73.2 Å². The summed E-state index contributed by atoms with van der Waals surface area (Å²) in [6.07, 6.45) is 9.83. The summed E-state index contributed by atoms with van der Waals surface area (Å²) < 4.78 is 77.5. The largest absolute Gasteiger partial charge is 0.432 e. The minimum atomic E-state index is -3.22. The fourth-order valence-corrected chi connectivity index (χ4v) is 5.86. The average Bonchev–Trinajstić information content (AvgIpc) is 2.83. The van der Waals surface area contributed by atoms with Crippen molar-refractivity contribution in [3.63, 3.8) is 0 Å². The van der Waals surface area contributed by atoms with Crippen LogP contribution in [0.5, 0.6) is 11.5 Å². The fraction of sp³-hybridized carbons (Fsp3) is 0.464. The smallest absolute Gasteiger partial charge is 0.387 e. The Morgan fingerprint density at radius 2 is 1.67 bits per heavy atom. The first-order valence-corrected chi connectivity index (χ1v) is 12.3. The molecule has 0 bridgehead atoms. The SMILES string of the molecule is C=CCCC1CCC2CC(c3c(F)cc(C(=O)Oc4ccc(OC(F)F)c(F)c4)cc3F)CCC2C1. The van der Waals surface area contributed by atoms with Crippen LogP contribution in [0.3, 0.4) is 0 Å². The number of hydrogen-bond donors (Lipinski definition) is 0. The minimum Gasteiger partial charge on any atom is -0.432 e. The number of allylic oxidation sites excluding steroid dienone is 1. The lowest BCUT2D eigenvalue weighted by Gasteiger charge is -2.42. The Morgan fingerprint density at radius 3 is 2.33 bits per heavy atom. The summed E-state index contributed by atoms with van der Waals surface area (Å²) in [6.45, 7) is 0.579. The molecular weight excluding hydrogens is 479 g/mol. The zero-order chi connectivity index (χ0) is 25.8. The standard InChI is InChI=1S/C28H29F5O3/c1-2-3-4-16-5-6-18-12-19(8-7-17(18)11-16)26-23(30)13-20(14-24(26)31)27(34)35-21-9-10-25(22(29)15-21)36-28(32)33/h2,9-10,13-19,28H,1,3-8,11-12H2. The van der Waals surface area contributed by atoms with E-state index in [0.717, 1.165) is 69.2 Å². The van der Waals surface area contributed by atoms with E-state index in [4.69, 9.17) is 4.74 Å². The van der Waals surface area contributed by atoms with Crippen LogP contribution >= 0.6 is 0 Å². The van der Waals surface area contributed by atoms with Crippen LogP contribution in [0.2, 0.25) is 0 Å². The summed E-state index contributed by atoms with van der Waals surface area (Å²) in [6, 6.07) is 4.47. The van der Waals surface area contributed by atoms with Gasteiger partial charge in [-0.25, -0.2) is 18.0 Å². The molecule has 2 fully saturated rings. The molecule has 4 atom stereocenters. The number of carbonyl (C=O) groups is 1. The molecule has 2 aromatic carbocycles. The van der Waals surface area contributed by atoms with Crippen molar-refractivity contribution in [2.24, 2.45) is 17.8 Å². The Balaban J connectivity index is 1.42. The number of carbonyl (C=O) groups excluding carboxylic acids is 1. The molecule has 194 valence electrons. The van der Waals surface area contributed by atoms with Crippen molar-refractivity contribution in [2.75, 3.05) is 0 Å². The molecule has 2 saturated carbocycles. The fourth-order valence-electron chi connectivity index (χ4n) is 5.86. The van der Waals surface area contributed by atoms with E-state index >= 15 is 8.78 Å². The molecule has 0 aromatic heterocycles. The van der Waals surface area contributed by atoms with Crippen LogP contribution in [-0.2, 0) is 0 Å². The predicted octanol–water partition coefficient (Wildman–Crippen LogP) is 8.19. The first-order chi connectivity index (χ1) is 17.2. The molecule has 0 heterocycles. The van der Waals surface area contributed by atoms with E-state index in [0.29, 0.717) is 30.2 Å². The number of benzene rings is 2. The number of alkyl halides is 2. The molecule has 0 amide bonds. The van der Waals surface area contributed by atoms with E-state index in [1.165, 1.54) is 0 Å². The van der Waals surface area contributed by atoms with Crippen molar-refractivity contribution in [1.29, 1.82) is 0 Å². The van der Waals surface area contributed by atoms with E-state index < -0.39 is 35.8 Å². The highest BCUT2D eigenvalue weighted by molar-refractivity contribution is 5.91. The van der Waals surface area contributed by atoms with Crippen LogP contribution in [0.4, 0.5) is 22.0 Å². The van der Waals surface area contributed by atoms with Crippen molar-refractivity contribution in [3.05, 3.63) is 71.6 Å². The number of esters is 1. The molecule has 2 aromatic rings. The zero-order valence-corrected chi connectivity index (χ0v) is 19.8. The third kappa shape index (κ3) is 6.08. The molecule has 0 aliphatic heterocycles.